The maximum atomic E-state index is 4.56. The van der Waals surface area contributed by atoms with Gasteiger partial charge in [-0.05, 0) is 19.4 Å². The molecule has 0 aliphatic carbocycles. The van der Waals surface area contributed by atoms with Gasteiger partial charge in [0.2, 0.25) is 0 Å². The van der Waals surface area contributed by atoms with Gasteiger partial charge in [-0.15, -0.1) is 0 Å². The van der Waals surface area contributed by atoms with E-state index in [1.165, 1.54) is 0 Å². The van der Waals surface area contributed by atoms with E-state index in [4.69, 9.17) is 0 Å². The smallest absolute Gasteiger partial charge is 0.0784 e. The van der Waals surface area contributed by atoms with Gasteiger partial charge in [0.05, 0.1) is 13.4 Å². The van der Waals surface area contributed by atoms with Gasteiger partial charge in [-0.25, -0.2) is 0 Å². The van der Waals surface area contributed by atoms with Gasteiger partial charge in [0.1, 0.15) is 0 Å². The number of methoxy groups -OCH3 is 1. The van der Waals surface area contributed by atoms with Gasteiger partial charge in [0, 0.05) is 0 Å². The quantitative estimate of drug-likeness (QED) is 0.460. The van der Waals surface area contributed by atoms with Crippen LogP contribution in [0.2, 0.25) is 0 Å². The molecule has 1 heteroatoms. The first kappa shape index (κ1) is 5.54. The Morgan fingerprint density at radius 2 is 2.50 bits per heavy atom. The van der Waals surface area contributed by atoms with Crippen LogP contribution in [0.1, 0.15) is 6.42 Å². The molecule has 0 bridgehead atoms. The third-order valence-corrected chi connectivity index (χ3v) is 0.399. The van der Waals surface area contributed by atoms with Crippen LogP contribution in [0.5, 0.6) is 0 Å². The molecule has 1 radical (unpaired) electrons. The standard InChI is InChI=1S/C5H9O/c1-3-4-5-6-2/h4-5H,1,3H2,2H3/b5-4+. The molecule has 0 aliphatic heterocycles. The third kappa shape index (κ3) is 3.54. The highest BCUT2D eigenvalue weighted by molar-refractivity contribution is 4.72. The lowest BCUT2D eigenvalue weighted by Gasteiger charge is -1.79. The van der Waals surface area contributed by atoms with Crippen LogP contribution in [-0.2, 0) is 4.74 Å². The molecule has 0 fully saturated rings. The first-order chi connectivity index (χ1) is 2.91. The van der Waals surface area contributed by atoms with Crippen LogP contribution in [0.4, 0.5) is 0 Å². The lowest BCUT2D eigenvalue weighted by atomic mass is 10.5. The van der Waals surface area contributed by atoms with E-state index in [2.05, 4.69) is 11.7 Å². The zero-order valence-electron chi connectivity index (χ0n) is 3.98. The van der Waals surface area contributed by atoms with E-state index in [1.807, 2.05) is 6.08 Å². The lowest BCUT2D eigenvalue weighted by molar-refractivity contribution is 0.337. The van der Waals surface area contributed by atoms with Crippen molar-refractivity contribution in [1.29, 1.82) is 0 Å². The van der Waals surface area contributed by atoms with Crippen LogP contribution < -0.4 is 0 Å². The summed E-state index contributed by atoms with van der Waals surface area (Å²) in [6, 6.07) is 0. The molecule has 0 aromatic carbocycles. The Bertz CT molecular complexity index is 33.2. The zero-order valence-corrected chi connectivity index (χ0v) is 3.98. The van der Waals surface area contributed by atoms with E-state index in [-0.39, 0.29) is 0 Å². The van der Waals surface area contributed by atoms with Crippen molar-refractivity contribution in [3.8, 4) is 0 Å². The van der Waals surface area contributed by atoms with Crippen molar-refractivity contribution in [2.45, 2.75) is 6.42 Å². The minimum atomic E-state index is 0.799. The Hall–Kier alpha value is -0.460. The van der Waals surface area contributed by atoms with E-state index in [0.29, 0.717) is 0 Å². The Balaban J connectivity index is 2.73. The molecule has 0 aromatic rings. The van der Waals surface area contributed by atoms with Crippen LogP contribution in [-0.4, -0.2) is 7.11 Å². The molecule has 0 amide bonds. The summed E-state index contributed by atoms with van der Waals surface area (Å²) in [5.41, 5.74) is 0. The maximum Gasteiger partial charge on any atom is 0.0784 e. The summed E-state index contributed by atoms with van der Waals surface area (Å²) in [4.78, 5) is 0. The summed E-state index contributed by atoms with van der Waals surface area (Å²) in [5, 5.41) is 0. The summed E-state index contributed by atoms with van der Waals surface area (Å²) in [5.74, 6) is 0. The molecular weight excluding hydrogens is 76.1 g/mol. The van der Waals surface area contributed by atoms with Crippen molar-refractivity contribution in [1.82, 2.24) is 0 Å². The molecule has 0 aliphatic rings. The van der Waals surface area contributed by atoms with Crippen molar-refractivity contribution in [2.24, 2.45) is 0 Å². The molecule has 35 valence electrons. The lowest BCUT2D eigenvalue weighted by Crippen LogP contribution is -1.61. The number of hydrogen-bond acceptors (Lipinski definition) is 1. The predicted molar refractivity (Wildman–Crippen MR) is 26.1 cm³/mol. The molecule has 0 aromatic heterocycles. The zero-order chi connectivity index (χ0) is 4.83. The first-order valence-electron chi connectivity index (χ1n) is 1.89. The summed E-state index contributed by atoms with van der Waals surface area (Å²) in [7, 11) is 1.62. The van der Waals surface area contributed by atoms with E-state index in [9.17, 15) is 0 Å². The van der Waals surface area contributed by atoms with Crippen LogP contribution in [0.3, 0.4) is 0 Å². The Morgan fingerprint density at radius 1 is 1.83 bits per heavy atom. The van der Waals surface area contributed by atoms with Gasteiger partial charge < -0.3 is 4.74 Å². The van der Waals surface area contributed by atoms with Gasteiger partial charge in [0.25, 0.3) is 0 Å². The van der Waals surface area contributed by atoms with Crippen LogP contribution in [0.25, 0.3) is 0 Å². The number of hydrogen-bond donors (Lipinski definition) is 0. The molecule has 0 atom stereocenters. The molecule has 0 rings (SSSR count). The van der Waals surface area contributed by atoms with Crippen molar-refractivity contribution < 1.29 is 4.74 Å². The highest BCUT2D eigenvalue weighted by Gasteiger charge is 1.58. The SMILES string of the molecule is [CH2]C/C=C/OC. The molecule has 1 nitrogen and oxygen atoms in total. The Kier molecular flexibility index (Phi) is 4.19. The normalized spacial score (nSPS) is 9.67. The van der Waals surface area contributed by atoms with Crippen LogP contribution in [0.15, 0.2) is 12.3 Å². The fourth-order valence-corrected chi connectivity index (χ4v) is 0.164. The number of allylic oxidation sites excluding steroid dienone is 1. The van der Waals surface area contributed by atoms with E-state index in [1.54, 1.807) is 13.4 Å². The van der Waals surface area contributed by atoms with E-state index in [0.717, 1.165) is 6.42 Å². The first-order valence-corrected chi connectivity index (χ1v) is 1.89. The average molecular weight is 85.1 g/mol. The summed E-state index contributed by atoms with van der Waals surface area (Å²) >= 11 is 0. The molecule has 0 spiro atoms. The monoisotopic (exact) mass is 85.1 g/mol. The summed E-state index contributed by atoms with van der Waals surface area (Å²) in [6.45, 7) is 3.56. The average Bonchev–Trinajstić information content (AvgIpc) is 1.61. The molecule has 0 N–H and O–H groups in total. The van der Waals surface area contributed by atoms with Gasteiger partial charge in [-0.3, -0.25) is 0 Å². The van der Waals surface area contributed by atoms with Crippen molar-refractivity contribution in [3.63, 3.8) is 0 Å². The fourth-order valence-electron chi connectivity index (χ4n) is 0.164. The molecule has 0 heterocycles. The van der Waals surface area contributed by atoms with Gasteiger partial charge >= 0.3 is 0 Å². The second kappa shape index (κ2) is 4.54. The number of ether oxygens (including phenoxy) is 1. The van der Waals surface area contributed by atoms with Gasteiger partial charge in [0.15, 0.2) is 0 Å². The second-order valence-electron chi connectivity index (χ2n) is 0.896. The molecular formula is C5H9O. The topological polar surface area (TPSA) is 9.23 Å². The summed E-state index contributed by atoms with van der Waals surface area (Å²) in [6.07, 6.45) is 4.26. The molecule has 0 unspecified atom stereocenters. The fraction of sp³-hybridized carbons (Fsp3) is 0.400. The minimum Gasteiger partial charge on any atom is -0.505 e. The van der Waals surface area contributed by atoms with Crippen molar-refractivity contribution >= 4 is 0 Å². The molecule has 0 saturated carbocycles. The molecule has 0 saturated heterocycles. The van der Waals surface area contributed by atoms with Gasteiger partial charge in [-0.2, -0.15) is 0 Å². The third-order valence-electron chi connectivity index (χ3n) is 0.399. The highest BCUT2D eigenvalue weighted by Crippen LogP contribution is 1.75. The van der Waals surface area contributed by atoms with Crippen molar-refractivity contribution in [3.05, 3.63) is 19.3 Å². The summed E-state index contributed by atoms with van der Waals surface area (Å²) < 4.78 is 4.56. The maximum absolute atomic E-state index is 4.56. The second-order valence-corrected chi connectivity index (χ2v) is 0.896. The number of rotatable bonds is 2. The van der Waals surface area contributed by atoms with E-state index < -0.39 is 0 Å². The van der Waals surface area contributed by atoms with E-state index >= 15 is 0 Å². The van der Waals surface area contributed by atoms with Crippen molar-refractivity contribution in [2.75, 3.05) is 7.11 Å². The largest absolute Gasteiger partial charge is 0.505 e. The Morgan fingerprint density at radius 3 is 2.67 bits per heavy atom. The van der Waals surface area contributed by atoms with Gasteiger partial charge in [-0.1, -0.05) is 0 Å². The minimum absolute atomic E-state index is 0.799. The van der Waals surface area contributed by atoms with Crippen LogP contribution in [0, 0.1) is 6.92 Å². The highest BCUT2D eigenvalue weighted by atomic mass is 16.5. The Labute approximate surface area is 38.6 Å². The van der Waals surface area contributed by atoms with Crippen LogP contribution >= 0.6 is 0 Å². The molecule has 6 heavy (non-hydrogen) atoms. The predicted octanol–water partition coefficient (Wildman–Crippen LogP) is 1.37.